The summed E-state index contributed by atoms with van der Waals surface area (Å²) in [5, 5.41) is 3.89. The van der Waals surface area contributed by atoms with Crippen LogP contribution in [0.3, 0.4) is 0 Å². The van der Waals surface area contributed by atoms with Crippen LogP contribution >= 0.6 is 0 Å². The largest absolute Gasteiger partial charge is 1.00 e. The Labute approximate surface area is 134 Å². The van der Waals surface area contributed by atoms with Crippen LogP contribution in [-0.4, -0.2) is 5.91 Å². The van der Waals surface area contributed by atoms with Crippen molar-refractivity contribution in [3.05, 3.63) is 35.1 Å². The molecule has 0 saturated heterocycles. The second-order valence-corrected chi connectivity index (χ2v) is 2.73. The molecule has 0 saturated carbocycles. The number of nitrogens with zero attached hydrogens (tertiary/aromatic N) is 1. The quantitative estimate of drug-likeness (QED) is 0.664. The van der Waals surface area contributed by atoms with E-state index in [1.807, 2.05) is 45.0 Å². The first-order valence-electron chi connectivity index (χ1n) is 4.63. The number of para-hydroxylation sites is 1. The molecule has 3 heteroatoms. The van der Waals surface area contributed by atoms with Gasteiger partial charge in [-0.05, 0) is 0 Å². The average molecular weight is 262 g/mol. The van der Waals surface area contributed by atoms with Crippen molar-refractivity contribution in [1.29, 1.82) is 0 Å². The van der Waals surface area contributed by atoms with Gasteiger partial charge in [0, 0.05) is 5.92 Å². The summed E-state index contributed by atoms with van der Waals surface area (Å²) in [6.07, 6.45) is 0. The van der Waals surface area contributed by atoms with Crippen LogP contribution < -0.4 is 58.2 Å². The summed E-state index contributed by atoms with van der Waals surface area (Å²) < 4.78 is 0. The minimum Gasteiger partial charge on any atom is -0.626 e. The van der Waals surface area contributed by atoms with E-state index in [9.17, 15) is 4.79 Å². The van der Waals surface area contributed by atoms with Gasteiger partial charge in [0.1, 0.15) is 0 Å². The standard InChI is InChI=1S/C9H9NO.C2H6.Rb/c1-6-7-4-2-3-5-8(7)10-9(6)11;1-2;/h2-6H,1H3,(H,10,11);1-2H3;/q;;+1/p-1. The van der Waals surface area contributed by atoms with Gasteiger partial charge in [0.25, 0.3) is 0 Å². The third kappa shape index (κ3) is 2.99. The first-order chi connectivity index (χ1) is 6.29. The van der Waals surface area contributed by atoms with Crippen LogP contribution in [0.5, 0.6) is 0 Å². The zero-order chi connectivity index (χ0) is 9.84. The molecule has 70 valence electrons. The Hall–Kier alpha value is 0.495. The van der Waals surface area contributed by atoms with E-state index in [2.05, 4.69) is 5.32 Å². The zero-order valence-electron chi connectivity index (χ0n) is 9.24. The Bertz CT molecular complexity index is 312. The summed E-state index contributed by atoms with van der Waals surface area (Å²) in [4.78, 5) is 11.1. The molecular formula is C11H14NORb. The van der Waals surface area contributed by atoms with Crippen molar-refractivity contribution in [3.8, 4) is 0 Å². The van der Waals surface area contributed by atoms with Gasteiger partial charge in [-0.3, -0.25) is 0 Å². The maximum absolute atomic E-state index is 11.1. The van der Waals surface area contributed by atoms with Crippen molar-refractivity contribution in [2.24, 2.45) is 0 Å². The number of carbonyl (C=O) groups is 1. The molecule has 0 N–H and O–H groups in total. The third-order valence-electron chi connectivity index (χ3n) is 2.00. The van der Waals surface area contributed by atoms with Crippen molar-refractivity contribution in [1.82, 2.24) is 0 Å². The Morgan fingerprint density at radius 1 is 1.21 bits per heavy atom. The Morgan fingerprint density at radius 3 is 2.36 bits per heavy atom. The van der Waals surface area contributed by atoms with Crippen LogP contribution in [0.2, 0.25) is 0 Å². The van der Waals surface area contributed by atoms with Gasteiger partial charge in [0.15, 0.2) is 0 Å². The van der Waals surface area contributed by atoms with E-state index in [-0.39, 0.29) is 70.0 Å². The molecular weight excluding hydrogens is 248 g/mol. The molecule has 1 heterocycles. The Kier molecular flexibility index (Phi) is 7.13. The number of hydrogen-bond donors (Lipinski definition) is 0. The number of hydrogen-bond acceptors (Lipinski definition) is 1. The van der Waals surface area contributed by atoms with E-state index in [1.165, 1.54) is 0 Å². The second-order valence-electron chi connectivity index (χ2n) is 2.73. The molecule has 0 fully saturated rings. The molecule has 14 heavy (non-hydrogen) atoms. The van der Waals surface area contributed by atoms with E-state index >= 15 is 0 Å². The zero-order valence-corrected chi connectivity index (χ0v) is 14.2. The van der Waals surface area contributed by atoms with Gasteiger partial charge in [0.05, 0.1) is 5.91 Å². The maximum Gasteiger partial charge on any atom is 1.00 e. The number of rotatable bonds is 0. The van der Waals surface area contributed by atoms with Crippen molar-refractivity contribution < 1.29 is 63.0 Å². The first kappa shape index (κ1) is 14.5. The summed E-state index contributed by atoms with van der Waals surface area (Å²) in [7, 11) is 0. The SMILES string of the molecule is CC.CC1C(=O)[N-]c2ccccc21.[Rb+]. The topological polar surface area (TPSA) is 31.2 Å². The molecule has 0 spiro atoms. The van der Waals surface area contributed by atoms with Crippen LogP contribution in [0.25, 0.3) is 5.32 Å². The van der Waals surface area contributed by atoms with Gasteiger partial charge in [0.2, 0.25) is 0 Å². The van der Waals surface area contributed by atoms with Crippen LogP contribution in [0.4, 0.5) is 5.69 Å². The van der Waals surface area contributed by atoms with Crippen molar-refractivity contribution in [2.75, 3.05) is 0 Å². The van der Waals surface area contributed by atoms with E-state index < -0.39 is 0 Å². The molecule has 0 aromatic heterocycles. The van der Waals surface area contributed by atoms with Crippen LogP contribution in [0.1, 0.15) is 32.3 Å². The number of carbonyl (C=O) groups excluding carboxylic acids is 1. The molecule has 2 nitrogen and oxygen atoms in total. The summed E-state index contributed by atoms with van der Waals surface area (Å²) >= 11 is 0. The van der Waals surface area contributed by atoms with E-state index in [0.717, 1.165) is 11.3 Å². The fourth-order valence-electron chi connectivity index (χ4n) is 1.30. The van der Waals surface area contributed by atoms with Gasteiger partial charge >= 0.3 is 58.2 Å². The summed E-state index contributed by atoms with van der Waals surface area (Å²) in [6, 6.07) is 7.65. The molecule has 0 aliphatic carbocycles. The fraction of sp³-hybridized carbons (Fsp3) is 0.364. The van der Waals surface area contributed by atoms with Crippen LogP contribution in [-0.2, 0) is 4.79 Å². The number of benzene rings is 1. The maximum atomic E-state index is 11.1. The second kappa shape index (κ2) is 6.88. The van der Waals surface area contributed by atoms with E-state index in [1.54, 1.807) is 0 Å². The number of fused-ring (bicyclic) bond motifs is 1. The van der Waals surface area contributed by atoms with Gasteiger partial charge in [-0.2, -0.15) is 0 Å². The minimum absolute atomic E-state index is 0. The molecule has 1 aromatic carbocycles. The summed E-state index contributed by atoms with van der Waals surface area (Å²) in [5.41, 5.74) is 1.89. The molecule has 1 unspecified atom stereocenters. The van der Waals surface area contributed by atoms with E-state index in [0.29, 0.717) is 0 Å². The predicted octanol–water partition coefficient (Wildman–Crippen LogP) is 0.366. The van der Waals surface area contributed by atoms with E-state index in [4.69, 9.17) is 0 Å². The van der Waals surface area contributed by atoms with Crippen molar-refractivity contribution in [2.45, 2.75) is 26.7 Å². The fourth-order valence-corrected chi connectivity index (χ4v) is 1.30. The average Bonchev–Trinajstić information content (AvgIpc) is 2.47. The van der Waals surface area contributed by atoms with Gasteiger partial charge in [-0.25, -0.2) is 0 Å². The molecule has 1 atom stereocenters. The van der Waals surface area contributed by atoms with Crippen molar-refractivity contribution >= 4 is 11.6 Å². The third-order valence-corrected chi connectivity index (χ3v) is 2.00. The van der Waals surface area contributed by atoms with Crippen LogP contribution in [0.15, 0.2) is 24.3 Å². The molecule has 1 amide bonds. The summed E-state index contributed by atoms with van der Waals surface area (Å²) in [6.45, 7) is 5.89. The Morgan fingerprint density at radius 2 is 1.79 bits per heavy atom. The Balaban J connectivity index is 0.000000531. The molecule has 0 radical (unpaired) electrons. The molecule has 1 aliphatic heterocycles. The van der Waals surface area contributed by atoms with Crippen molar-refractivity contribution in [3.63, 3.8) is 0 Å². The van der Waals surface area contributed by atoms with Gasteiger partial charge < -0.3 is 10.1 Å². The first-order valence-corrected chi connectivity index (χ1v) is 4.63. The van der Waals surface area contributed by atoms with Crippen LogP contribution in [0, 0.1) is 0 Å². The monoisotopic (exact) mass is 261 g/mol. The minimum atomic E-state index is -0.0359. The molecule has 2 rings (SSSR count). The number of amides is 1. The molecule has 1 aliphatic rings. The normalized spacial score (nSPS) is 17.1. The smallest absolute Gasteiger partial charge is 0.626 e. The summed E-state index contributed by atoms with van der Waals surface area (Å²) in [5.74, 6) is -0.0580. The molecule has 0 bridgehead atoms. The van der Waals surface area contributed by atoms with Gasteiger partial charge in [-0.1, -0.05) is 50.6 Å². The molecule has 1 aromatic rings. The van der Waals surface area contributed by atoms with Gasteiger partial charge in [-0.15, -0.1) is 5.69 Å². The predicted molar refractivity (Wildman–Crippen MR) is 54.2 cm³/mol.